The summed E-state index contributed by atoms with van der Waals surface area (Å²) >= 11 is 0. The molecule has 1 aliphatic carbocycles. The molecule has 1 aromatic carbocycles. The van der Waals surface area contributed by atoms with Crippen LogP contribution in [0.2, 0.25) is 0 Å². The largest absolute Gasteiger partial charge is 0.481 e. The number of likely N-dealkylation sites (tertiary alicyclic amines) is 1. The Kier molecular flexibility index (Phi) is 3.53. The van der Waals surface area contributed by atoms with Gasteiger partial charge in [0.05, 0.1) is 12.0 Å². The van der Waals surface area contributed by atoms with Crippen LogP contribution in [0.5, 0.6) is 5.75 Å². The van der Waals surface area contributed by atoms with Crippen molar-refractivity contribution in [3.63, 3.8) is 0 Å². The van der Waals surface area contributed by atoms with Gasteiger partial charge in [-0.1, -0.05) is 18.2 Å². The normalized spacial score (nSPS) is 30.5. The molecule has 0 unspecified atom stereocenters. The van der Waals surface area contributed by atoms with Crippen LogP contribution in [0.3, 0.4) is 0 Å². The molecule has 0 spiro atoms. The average Bonchev–Trinajstić information content (AvgIpc) is 3.25. The highest BCUT2D eigenvalue weighted by Gasteiger charge is 2.61. The summed E-state index contributed by atoms with van der Waals surface area (Å²) < 4.78 is 11.4. The van der Waals surface area contributed by atoms with Crippen molar-refractivity contribution < 1.29 is 24.2 Å². The number of rotatable bonds is 4. The molecule has 1 N–H and O–H groups in total. The number of benzene rings is 1. The van der Waals surface area contributed by atoms with Gasteiger partial charge in [-0.25, -0.2) is 0 Å². The number of carboxylic acid groups (broad SMARTS) is 1. The summed E-state index contributed by atoms with van der Waals surface area (Å²) in [7, 11) is 0. The van der Waals surface area contributed by atoms with Gasteiger partial charge < -0.3 is 19.5 Å². The second-order valence-electron chi connectivity index (χ2n) is 7.08. The molecule has 3 aliphatic rings. The van der Waals surface area contributed by atoms with Crippen LogP contribution >= 0.6 is 0 Å². The quantitative estimate of drug-likeness (QED) is 0.906. The third-order valence-electron chi connectivity index (χ3n) is 5.57. The molecule has 2 heterocycles. The number of amides is 1. The molecule has 0 radical (unpaired) electrons. The molecule has 1 saturated carbocycles. The lowest BCUT2D eigenvalue weighted by Gasteiger charge is -2.34. The number of para-hydroxylation sites is 1. The maximum atomic E-state index is 13.0. The van der Waals surface area contributed by atoms with E-state index in [-0.39, 0.29) is 18.4 Å². The van der Waals surface area contributed by atoms with Gasteiger partial charge in [0.15, 0.2) is 5.60 Å². The van der Waals surface area contributed by atoms with Crippen LogP contribution in [0.1, 0.15) is 19.3 Å². The van der Waals surface area contributed by atoms with E-state index in [1.807, 2.05) is 30.3 Å². The van der Waals surface area contributed by atoms with Crippen LogP contribution in [-0.2, 0) is 14.3 Å². The minimum atomic E-state index is -0.864. The summed E-state index contributed by atoms with van der Waals surface area (Å²) in [6, 6.07) is 9.32. The Morgan fingerprint density at radius 1 is 1.21 bits per heavy atom. The number of carbonyl (C=O) groups excluding carboxylic acids is 1. The van der Waals surface area contributed by atoms with Crippen molar-refractivity contribution >= 4 is 11.9 Å². The van der Waals surface area contributed by atoms with E-state index in [2.05, 4.69) is 0 Å². The monoisotopic (exact) mass is 331 g/mol. The average molecular weight is 331 g/mol. The summed E-state index contributed by atoms with van der Waals surface area (Å²) in [5.74, 6) is -0.363. The molecular formula is C18H21NO5. The third-order valence-corrected chi connectivity index (χ3v) is 5.57. The summed E-state index contributed by atoms with van der Waals surface area (Å²) in [6.45, 7) is 1.54. The molecule has 24 heavy (non-hydrogen) atoms. The van der Waals surface area contributed by atoms with Gasteiger partial charge in [0.2, 0.25) is 0 Å². The number of aliphatic carboxylic acids is 1. The zero-order valence-electron chi connectivity index (χ0n) is 13.4. The van der Waals surface area contributed by atoms with Gasteiger partial charge in [0, 0.05) is 38.5 Å². The lowest BCUT2D eigenvalue weighted by Crippen LogP contribution is -2.46. The molecule has 6 heteroatoms. The molecule has 0 aromatic heterocycles. The second kappa shape index (κ2) is 5.48. The number of hydrogen-bond donors (Lipinski definition) is 1. The summed E-state index contributed by atoms with van der Waals surface area (Å²) in [6.07, 6.45) is 1.82. The lowest BCUT2D eigenvalue weighted by molar-refractivity contribution is -0.157. The minimum absolute atomic E-state index is 0.0821. The first-order chi connectivity index (χ1) is 11.6. The Bertz CT molecular complexity index is 657. The first-order valence-corrected chi connectivity index (χ1v) is 8.40. The Morgan fingerprint density at radius 2 is 1.96 bits per heavy atom. The lowest BCUT2D eigenvalue weighted by atomic mass is 9.74. The Balaban J connectivity index is 1.52. The van der Waals surface area contributed by atoms with Crippen molar-refractivity contribution in [2.45, 2.75) is 24.9 Å². The fourth-order valence-corrected chi connectivity index (χ4v) is 3.93. The van der Waals surface area contributed by atoms with Crippen molar-refractivity contribution in [1.29, 1.82) is 0 Å². The van der Waals surface area contributed by atoms with E-state index in [0.29, 0.717) is 44.8 Å². The number of ether oxygens (including phenoxy) is 2. The smallest absolute Gasteiger partial charge is 0.311 e. The van der Waals surface area contributed by atoms with Crippen LogP contribution in [0, 0.1) is 11.3 Å². The maximum Gasteiger partial charge on any atom is 0.311 e. The van der Waals surface area contributed by atoms with Gasteiger partial charge in [0.25, 0.3) is 5.91 Å². The zero-order chi connectivity index (χ0) is 16.8. The zero-order valence-corrected chi connectivity index (χ0v) is 13.4. The molecule has 2 atom stereocenters. The van der Waals surface area contributed by atoms with Crippen LogP contribution in [0.4, 0.5) is 0 Å². The fourth-order valence-electron chi connectivity index (χ4n) is 3.93. The predicted octanol–water partition coefficient (Wildman–Crippen LogP) is 1.55. The standard InChI is InChI=1S/C18H21NO5/c20-15(18(6-7-18)24-14-4-2-1-3-5-14)19-10-13-11-23-9-8-17(13,12-19)16(21)22/h1-5,13H,6-12H2,(H,21,22)/t13-,17+/m0/s1. The molecule has 1 aromatic rings. The fraction of sp³-hybridized carbons (Fsp3) is 0.556. The Morgan fingerprint density at radius 3 is 2.58 bits per heavy atom. The van der Waals surface area contributed by atoms with Crippen molar-refractivity contribution in [3.8, 4) is 5.75 Å². The SMILES string of the molecule is O=C(N1C[C@H]2COCC[C@@]2(C(=O)O)C1)C1(Oc2ccccc2)CC1. The van der Waals surface area contributed by atoms with E-state index < -0.39 is 17.0 Å². The Hall–Kier alpha value is -2.08. The highest BCUT2D eigenvalue weighted by Crippen LogP contribution is 2.47. The van der Waals surface area contributed by atoms with Crippen LogP contribution in [0.15, 0.2) is 30.3 Å². The maximum absolute atomic E-state index is 13.0. The van der Waals surface area contributed by atoms with Crippen LogP contribution < -0.4 is 4.74 Å². The van der Waals surface area contributed by atoms with E-state index in [0.717, 1.165) is 0 Å². The van der Waals surface area contributed by atoms with Crippen molar-refractivity contribution in [2.75, 3.05) is 26.3 Å². The molecule has 4 rings (SSSR count). The van der Waals surface area contributed by atoms with Crippen LogP contribution in [-0.4, -0.2) is 53.8 Å². The second-order valence-corrected chi connectivity index (χ2v) is 7.08. The minimum Gasteiger partial charge on any atom is -0.481 e. The highest BCUT2D eigenvalue weighted by atomic mass is 16.5. The number of carboxylic acids is 1. The van der Waals surface area contributed by atoms with E-state index in [4.69, 9.17) is 9.47 Å². The number of fused-ring (bicyclic) bond motifs is 1. The number of carbonyl (C=O) groups is 2. The third kappa shape index (κ3) is 2.36. The number of hydrogen-bond acceptors (Lipinski definition) is 4. The van der Waals surface area contributed by atoms with Gasteiger partial charge in [-0.3, -0.25) is 9.59 Å². The summed E-state index contributed by atoms with van der Waals surface area (Å²) in [5.41, 5.74) is -1.67. The van der Waals surface area contributed by atoms with Crippen molar-refractivity contribution in [1.82, 2.24) is 4.90 Å². The first-order valence-electron chi connectivity index (χ1n) is 8.40. The molecule has 3 fully saturated rings. The highest BCUT2D eigenvalue weighted by molar-refractivity contribution is 5.90. The molecule has 128 valence electrons. The van der Waals surface area contributed by atoms with E-state index in [1.54, 1.807) is 4.90 Å². The van der Waals surface area contributed by atoms with Gasteiger partial charge in [-0.2, -0.15) is 0 Å². The van der Waals surface area contributed by atoms with Gasteiger partial charge in [-0.05, 0) is 18.6 Å². The molecule has 2 saturated heterocycles. The summed E-state index contributed by atoms with van der Waals surface area (Å²) in [4.78, 5) is 26.6. The van der Waals surface area contributed by atoms with Gasteiger partial charge in [-0.15, -0.1) is 0 Å². The molecule has 6 nitrogen and oxygen atoms in total. The molecule has 2 aliphatic heterocycles. The van der Waals surface area contributed by atoms with Crippen molar-refractivity contribution in [2.24, 2.45) is 11.3 Å². The first kappa shape index (κ1) is 15.4. The van der Waals surface area contributed by atoms with E-state index >= 15 is 0 Å². The number of nitrogens with zero attached hydrogens (tertiary/aromatic N) is 1. The Labute approximate surface area is 140 Å². The summed E-state index contributed by atoms with van der Waals surface area (Å²) in [5, 5.41) is 9.73. The van der Waals surface area contributed by atoms with E-state index in [1.165, 1.54) is 0 Å². The molecule has 1 amide bonds. The topological polar surface area (TPSA) is 76.1 Å². The van der Waals surface area contributed by atoms with Crippen molar-refractivity contribution in [3.05, 3.63) is 30.3 Å². The van der Waals surface area contributed by atoms with Gasteiger partial charge in [0.1, 0.15) is 5.75 Å². The molecule has 0 bridgehead atoms. The predicted molar refractivity (Wildman–Crippen MR) is 84.6 cm³/mol. The van der Waals surface area contributed by atoms with Gasteiger partial charge >= 0.3 is 5.97 Å². The molecular weight excluding hydrogens is 310 g/mol. The van der Waals surface area contributed by atoms with Crippen LogP contribution in [0.25, 0.3) is 0 Å². The van der Waals surface area contributed by atoms with E-state index in [9.17, 15) is 14.7 Å².